The molecule has 5 atom stereocenters. The first-order valence-corrected chi connectivity index (χ1v) is 16.2. The highest BCUT2D eigenvalue weighted by Crippen LogP contribution is 2.46. The number of amides is 4. The van der Waals surface area contributed by atoms with E-state index in [1.165, 1.54) is 30.6 Å². The molecule has 228 valence electrons. The zero-order chi connectivity index (χ0) is 30.7. The van der Waals surface area contributed by atoms with E-state index in [0.29, 0.717) is 44.9 Å². The van der Waals surface area contributed by atoms with Gasteiger partial charge in [-0.25, -0.2) is 0 Å². The highest BCUT2D eigenvalue weighted by molar-refractivity contribution is 7.58. The van der Waals surface area contributed by atoms with E-state index in [1.807, 2.05) is 44.2 Å². The van der Waals surface area contributed by atoms with Crippen LogP contribution in [0.3, 0.4) is 0 Å². The van der Waals surface area contributed by atoms with Gasteiger partial charge in [-0.1, -0.05) is 44.2 Å². The van der Waals surface area contributed by atoms with E-state index >= 15 is 0 Å². The smallest absolute Gasteiger partial charge is 0.243 e. The Morgan fingerprint density at radius 3 is 2.37 bits per heavy atom. The van der Waals surface area contributed by atoms with E-state index in [9.17, 15) is 33.4 Å². The van der Waals surface area contributed by atoms with E-state index < -0.39 is 55.3 Å². The fourth-order valence-corrected chi connectivity index (χ4v) is 6.28. The largest absolute Gasteiger partial charge is 0.343 e. The number of hydrogen-bond donors (Lipinski definition) is 3. The summed E-state index contributed by atoms with van der Waals surface area (Å²) in [5, 5.41) is 5.06. The molecule has 0 aromatic heterocycles. The van der Waals surface area contributed by atoms with Gasteiger partial charge < -0.3 is 30.1 Å². The van der Waals surface area contributed by atoms with Crippen molar-refractivity contribution in [3.8, 4) is 0 Å². The third-order valence-corrected chi connectivity index (χ3v) is 9.36. The van der Waals surface area contributed by atoms with Gasteiger partial charge in [0.25, 0.3) is 0 Å². The highest BCUT2D eigenvalue weighted by atomic mass is 31.2. The van der Waals surface area contributed by atoms with Gasteiger partial charge in [0.05, 0.1) is 12.3 Å². The molecule has 41 heavy (non-hydrogen) atoms. The minimum absolute atomic E-state index is 0.0586. The lowest BCUT2D eigenvalue weighted by molar-refractivity contribution is -0.138. The van der Waals surface area contributed by atoms with E-state index in [-0.39, 0.29) is 18.2 Å². The third-order valence-electron chi connectivity index (χ3n) is 7.31. The topological polar surface area (TPSA) is 153 Å². The molecule has 1 aliphatic heterocycles. The van der Waals surface area contributed by atoms with Crippen LogP contribution in [0.5, 0.6) is 0 Å². The van der Waals surface area contributed by atoms with Crippen molar-refractivity contribution >= 4 is 37.3 Å². The predicted octanol–water partition coefficient (Wildman–Crippen LogP) is 2.66. The summed E-state index contributed by atoms with van der Waals surface area (Å²) in [4.78, 5) is 76.1. The van der Waals surface area contributed by atoms with Crippen LogP contribution in [0.15, 0.2) is 30.3 Å². The first-order valence-electron chi connectivity index (χ1n) is 14.2. The van der Waals surface area contributed by atoms with E-state index in [0.717, 1.165) is 5.56 Å². The number of nitrogens with zero attached hydrogens (tertiary/aromatic N) is 2. The molecule has 2 rings (SSSR count). The molecule has 0 bridgehead atoms. The minimum atomic E-state index is -4.22. The number of hydrogen-bond acceptors (Lipinski definition) is 6. The minimum Gasteiger partial charge on any atom is -0.343 e. The maximum absolute atomic E-state index is 13.4. The van der Waals surface area contributed by atoms with Crippen LogP contribution in [0.2, 0.25) is 0 Å². The average molecular weight is 593 g/mol. The van der Waals surface area contributed by atoms with Crippen LogP contribution >= 0.6 is 7.37 Å². The number of aryl methyl sites for hydroxylation is 1. The Morgan fingerprint density at radius 1 is 1.12 bits per heavy atom. The Morgan fingerprint density at radius 2 is 1.78 bits per heavy atom. The molecule has 4 amide bonds. The van der Waals surface area contributed by atoms with E-state index in [4.69, 9.17) is 0 Å². The van der Waals surface area contributed by atoms with E-state index in [1.54, 1.807) is 0 Å². The zero-order valence-electron chi connectivity index (χ0n) is 24.7. The first kappa shape index (κ1) is 34.2. The summed E-state index contributed by atoms with van der Waals surface area (Å²) in [5.41, 5.74) is 1.06. The van der Waals surface area contributed by atoms with Crippen LogP contribution in [0, 0.1) is 5.92 Å². The Kier molecular flexibility index (Phi) is 13.2. The van der Waals surface area contributed by atoms with Gasteiger partial charge in [-0.2, -0.15) is 0 Å². The van der Waals surface area contributed by atoms with Crippen molar-refractivity contribution in [2.24, 2.45) is 5.92 Å². The number of carbonyl (C=O) groups excluding carboxylic acids is 5. The zero-order valence-corrected chi connectivity index (χ0v) is 25.6. The second-order valence-electron chi connectivity index (χ2n) is 11.2. The third kappa shape index (κ3) is 10.4. The van der Waals surface area contributed by atoms with Gasteiger partial charge in [-0.3, -0.25) is 23.7 Å². The van der Waals surface area contributed by atoms with Crippen molar-refractivity contribution in [3.63, 3.8) is 0 Å². The molecule has 0 radical (unpaired) electrons. The Balaban J connectivity index is 2.05. The molecule has 1 aliphatic rings. The fraction of sp³-hybridized carbons (Fsp3) is 0.621. The number of nitrogens with one attached hydrogen (secondary N) is 2. The summed E-state index contributed by atoms with van der Waals surface area (Å²) in [7, 11) is -4.22. The maximum atomic E-state index is 13.4. The Hall–Kier alpha value is -3.04. The van der Waals surface area contributed by atoms with Gasteiger partial charge in [0.15, 0.2) is 0 Å². The Labute approximate surface area is 242 Å². The van der Waals surface area contributed by atoms with Gasteiger partial charge in [0.2, 0.25) is 31.0 Å². The number of likely N-dealkylation sites (tertiary alicyclic amines) is 1. The molecular formula is C29H45N4O7P. The lowest BCUT2D eigenvalue weighted by atomic mass is 10.0. The number of rotatable bonds is 15. The lowest BCUT2D eigenvalue weighted by Crippen LogP contribution is -2.53. The summed E-state index contributed by atoms with van der Waals surface area (Å²) >= 11 is 0. The van der Waals surface area contributed by atoms with Crippen molar-refractivity contribution < 1.29 is 33.4 Å². The summed E-state index contributed by atoms with van der Waals surface area (Å²) in [6.45, 7) is 8.45. The summed E-state index contributed by atoms with van der Waals surface area (Å²) in [5.74, 6) is -2.96. The summed E-state index contributed by atoms with van der Waals surface area (Å²) < 4.78 is 13.4. The van der Waals surface area contributed by atoms with Crippen LogP contribution in [0.25, 0.3) is 0 Å². The number of carbonyl (C=O) groups is 5. The maximum Gasteiger partial charge on any atom is 0.243 e. The van der Waals surface area contributed by atoms with Crippen LogP contribution in [-0.4, -0.2) is 81.3 Å². The Bertz CT molecular complexity index is 1110. The molecule has 1 aromatic rings. The molecule has 12 heteroatoms. The molecule has 1 fully saturated rings. The van der Waals surface area contributed by atoms with Gasteiger partial charge in [0.1, 0.15) is 24.2 Å². The highest BCUT2D eigenvalue weighted by Gasteiger charge is 2.37. The molecule has 11 nitrogen and oxygen atoms in total. The monoisotopic (exact) mass is 592 g/mol. The summed E-state index contributed by atoms with van der Waals surface area (Å²) in [6.07, 6.45) is 2.79. The second-order valence-corrected chi connectivity index (χ2v) is 13.8. The normalized spacial score (nSPS) is 18.6. The molecular weight excluding hydrogens is 547 g/mol. The van der Waals surface area contributed by atoms with Gasteiger partial charge in [-0.15, -0.1) is 0 Å². The van der Waals surface area contributed by atoms with Gasteiger partial charge >= 0.3 is 0 Å². The van der Waals surface area contributed by atoms with Crippen molar-refractivity contribution in [2.75, 3.05) is 12.8 Å². The molecule has 0 aliphatic carbocycles. The van der Waals surface area contributed by atoms with Crippen molar-refractivity contribution in [3.05, 3.63) is 35.9 Å². The summed E-state index contributed by atoms with van der Waals surface area (Å²) in [6, 6.07) is 7.07. The molecule has 1 aromatic carbocycles. The average Bonchev–Trinajstić information content (AvgIpc) is 3.41. The SMILES string of the molecule is CC(=O)N1CCC[C@H]1C(=O)N[C@@H](C)C(=O)N[C@@H](C)P(=O)(O)CN(C(=O)CCCc1ccccc1)[C@H](C=O)CC(C)C. The standard InChI is InChI=1S/C29H45N4O7P/c1-20(2)17-25(18-34)33(27(36)15-9-13-24-11-7-6-8-12-24)19-41(39,40)22(4)31-28(37)21(3)30-29(38)26-14-10-16-32(26)23(5)35/h6-8,11-12,18,20-22,25-26H,9-10,13-17,19H2,1-5H3,(H,30,38)(H,31,37)(H,39,40)/t21-,22+,25-,26-/m0/s1. The van der Waals surface area contributed by atoms with Crippen LogP contribution in [0.4, 0.5) is 0 Å². The quantitative estimate of drug-likeness (QED) is 0.209. The van der Waals surface area contributed by atoms with Crippen molar-refractivity contribution in [1.82, 2.24) is 20.4 Å². The molecule has 1 saturated heterocycles. The number of aldehydes is 1. The molecule has 0 saturated carbocycles. The number of benzene rings is 1. The molecule has 3 N–H and O–H groups in total. The van der Waals surface area contributed by atoms with E-state index in [2.05, 4.69) is 10.6 Å². The van der Waals surface area contributed by atoms with Crippen LogP contribution < -0.4 is 10.6 Å². The predicted molar refractivity (Wildman–Crippen MR) is 156 cm³/mol. The fourth-order valence-electron chi connectivity index (χ4n) is 4.90. The van der Waals surface area contributed by atoms with Gasteiger partial charge in [0, 0.05) is 19.9 Å². The van der Waals surface area contributed by atoms with Gasteiger partial charge in [-0.05, 0) is 57.4 Å². The molecule has 1 heterocycles. The van der Waals surface area contributed by atoms with Crippen molar-refractivity contribution in [1.29, 1.82) is 0 Å². The molecule has 1 unspecified atom stereocenters. The molecule has 0 spiro atoms. The van der Waals surface area contributed by atoms with Crippen LogP contribution in [0.1, 0.15) is 72.3 Å². The first-order chi connectivity index (χ1) is 19.3. The lowest BCUT2D eigenvalue weighted by Gasteiger charge is -2.33. The van der Waals surface area contributed by atoms with Crippen molar-refractivity contribution in [2.45, 2.75) is 97.1 Å². The van der Waals surface area contributed by atoms with Crippen LogP contribution in [-0.2, 0) is 35.0 Å². The second kappa shape index (κ2) is 15.8.